The molecule has 1 saturated heterocycles. The average molecular weight is 382 g/mol. The van der Waals surface area contributed by atoms with Gasteiger partial charge in [-0.2, -0.15) is 0 Å². The van der Waals surface area contributed by atoms with Crippen LogP contribution >= 0.6 is 15.9 Å². The Morgan fingerprint density at radius 3 is 2.39 bits per heavy atom. The standard InChI is InChI=1S/C16H20BrN3O3/c1-15(2,3)23-14(22)20-7-10-11(8-20)16(10,13(18)21)12-5-4-9(17)6-19-12/h4-6,10-11H,7-8H2,1-3H3,(H2,18,21)/t10-,11+,16-. The molecule has 1 saturated carbocycles. The van der Waals surface area contributed by atoms with E-state index >= 15 is 0 Å². The van der Waals surface area contributed by atoms with E-state index in [1.54, 1.807) is 11.1 Å². The van der Waals surface area contributed by atoms with E-state index in [9.17, 15) is 9.59 Å². The van der Waals surface area contributed by atoms with Gasteiger partial charge in [0.2, 0.25) is 5.91 Å². The minimum Gasteiger partial charge on any atom is -0.444 e. The van der Waals surface area contributed by atoms with Gasteiger partial charge >= 0.3 is 6.09 Å². The van der Waals surface area contributed by atoms with Crippen LogP contribution in [0.5, 0.6) is 0 Å². The van der Waals surface area contributed by atoms with Crippen molar-refractivity contribution in [1.82, 2.24) is 9.88 Å². The summed E-state index contributed by atoms with van der Waals surface area (Å²) in [6.45, 7) is 6.45. The van der Waals surface area contributed by atoms with Gasteiger partial charge in [-0.1, -0.05) is 0 Å². The maximum absolute atomic E-state index is 12.2. The number of carbonyl (C=O) groups excluding carboxylic acids is 2. The normalized spacial score (nSPS) is 29.1. The third kappa shape index (κ3) is 2.60. The van der Waals surface area contributed by atoms with Gasteiger partial charge in [0.1, 0.15) is 11.0 Å². The SMILES string of the molecule is CC(C)(C)OC(=O)N1C[C@@H]2[C@H](C1)[C@@]2(C(N)=O)c1ccc(Br)cn1. The van der Waals surface area contributed by atoms with E-state index in [1.807, 2.05) is 32.9 Å². The molecule has 2 heterocycles. The molecule has 6 nitrogen and oxygen atoms in total. The molecule has 0 aromatic carbocycles. The fourth-order valence-electron chi connectivity index (χ4n) is 3.60. The molecule has 124 valence electrons. The lowest BCUT2D eigenvalue weighted by atomic mass is 9.94. The molecule has 1 aromatic rings. The van der Waals surface area contributed by atoms with Crippen LogP contribution in [-0.4, -0.2) is 40.6 Å². The van der Waals surface area contributed by atoms with Gasteiger partial charge in [-0.3, -0.25) is 9.78 Å². The van der Waals surface area contributed by atoms with Gasteiger partial charge in [-0.15, -0.1) is 0 Å². The van der Waals surface area contributed by atoms with E-state index in [2.05, 4.69) is 20.9 Å². The smallest absolute Gasteiger partial charge is 0.410 e. The largest absolute Gasteiger partial charge is 0.444 e. The van der Waals surface area contributed by atoms with Crippen molar-refractivity contribution in [3.63, 3.8) is 0 Å². The molecule has 23 heavy (non-hydrogen) atoms. The Morgan fingerprint density at radius 1 is 1.35 bits per heavy atom. The summed E-state index contributed by atoms with van der Waals surface area (Å²) in [6, 6.07) is 3.68. The first kappa shape index (κ1) is 16.2. The number of aromatic nitrogens is 1. The molecule has 0 spiro atoms. The Hall–Kier alpha value is -1.63. The number of amides is 2. The number of hydrogen-bond acceptors (Lipinski definition) is 4. The minimum absolute atomic E-state index is 0.0150. The Balaban J connectivity index is 1.77. The molecule has 2 amide bonds. The lowest BCUT2D eigenvalue weighted by Gasteiger charge is -2.28. The summed E-state index contributed by atoms with van der Waals surface area (Å²) in [7, 11) is 0. The second-order valence-corrected chi connectivity index (χ2v) is 8.11. The van der Waals surface area contributed by atoms with Gasteiger partial charge in [0.25, 0.3) is 0 Å². The van der Waals surface area contributed by atoms with Crippen LogP contribution in [0, 0.1) is 11.8 Å². The maximum atomic E-state index is 12.2. The van der Waals surface area contributed by atoms with Gasteiger partial charge < -0.3 is 15.4 Å². The van der Waals surface area contributed by atoms with Gasteiger partial charge in [-0.05, 0) is 48.8 Å². The van der Waals surface area contributed by atoms with E-state index in [1.165, 1.54) is 0 Å². The van der Waals surface area contributed by atoms with Crippen LogP contribution in [0.3, 0.4) is 0 Å². The van der Waals surface area contributed by atoms with E-state index in [0.29, 0.717) is 18.8 Å². The van der Waals surface area contributed by atoms with Crippen LogP contribution in [0.1, 0.15) is 26.5 Å². The van der Waals surface area contributed by atoms with Crippen molar-refractivity contribution in [2.45, 2.75) is 31.8 Å². The van der Waals surface area contributed by atoms with Crippen molar-refractivity contribution >= 4 is 27.9 Å². The summed E-state index contributed by atoms with van der Waals surface area (Å²) in [5.74, 6) is -0.339. The van der Waals surface area contributed by atoms with Crippen LogP contribution in [0.15, 0.2) is 22.8 Å². The van der Waals surface area contributed by atoms with Crippen LogP contribution in [0.2, 0.25) is 0 Å². The summed E-state index contributed by atoms with van der Waals surface area (Å²) in [5.41, 5.74) is 5.10. The summed E-state index contributed by atoms with van der Waals surface area (Å²) in [6.07, 6.45) is 1.33. The van der Waals surface area contributed by atoms with Gasteiger partial charge in [0.15, 0.2) is 0 Å². The van der Waals surface area contributed by atoms with E-state index in [-0.39, 0.29) is 23.8 Å². The van der Waals surface area contributed by atoms with Crippen LogP contribution in [-0.2, 0) is 14.9 Å². The lowest BCUT2D eigenvalue weighted by Crippen LogP contribution is -2.43. The van der Waals surface area contributed by atoms with E-state index < -0.39 is 11.0 Å². The summed E-state index contributed by atoms with van der Waals surface area (Å²) in [5, 5.41) is 0. The zero-order chi connectivity index (χ0) is 17.0. The van der Waals surface area contributed by atoms with Crippen LogP contribution in [0.4, 0.5) is 4.79 Å². The highest BCUT2D eigenvalue weighted by molar-refractivity contribution is 9.10. The monoisotopic (exact) mass is 381 g/mol. The fourth-order valence-corrected chi connectivity index (χ4v) is 3.83. The highest BCUT2D eigenvalue weighted by atomic mass is 79.9. The first-order valence-electron chi connectivity index (χ1n) is 7.56. The maximum Gasteiger partial charge on any atom is 0.410 e. The predicted octanol–water partition coefficient (Wildman–Crippen LogP) is 2.06. The Kier molecular flexibility index (Phi) is 3.66. The molecule has 3 atom stereocenters. The fraction of sp³-hybridized carbons (Fsp3) is 0.562. The number of carbonyl (C=O) groups is 2. The third-order valence-corrected chi connectivity index (χ3v) is 5.06. The summed E-state index contributed by atoms with van der Waals surface area (Å²) < 4.78 is 6.24. The topological polar surface area (TPSA) is 85.5 Å². The zero-order valence-corrected chi connectivity index (χ0v) is 15.0. The summed E-state index contributed by atoms with van der Waals surface area (Å²) >= 11 is 3.34. The number of fused-ring (bicyclic) bond motifs is 1. The van der Waals surface area contributed by atoms with Gasteiger partial charge in [0.05, 0.1) is 5.69 Å². The Bertz CT molecular complexity index is 642. The quantitative estimate of drug-likeness (QED) is 0.849. The molecule has 0 unspecified atom stereocenters. The van der Waals surface area contributed by atoms with Crippen molar-refractivity contribution in [3.05, 3.63) is 28.5 Å². The van der Waals surface area contributed by atoms with Crippen molar-refractivity contribution in [2.75, 3.05) is 13.1 Å². The second kappa shape index (κ2) is 5.19. The van der Waals surface area contributed by atoms with Gasteiger partial charge in [-0.25, -0.2) is 4.79 Å². The Morgan fingerprint density at radius 2 is 1.96 bits per heavy atom. The molecule has 1 aliphatic carbocycles. The molecule has 0 bridgehead atoms. The average Bonchev–Trinajstić information content (AvgIpc) is 2.84. The number of rotatable bonds is 2. The lowest BCUT2D eigenvalue weighted by molar-refractivity contribution is -0.121. The molecule has 2 N–H and O–H groups in total. The number of pyridine rings is 1. The number of likely N-dealkylation sites (tertiary alicyclic amines) is 1. The number of hydrogen-bond donors (Lipinski definition) is 1. The first-order chi connectivity index (χ1) is 10.7. The molecule has 3 rings (SSSR count). The van der Waals surface area contributed by atoms with Gasteiger partial charge in [0, 0.05) is 35.6 Å². The van der Waals surface area contributed by atoms with Crippen molar-refractivity contribution in [2.24, 2.45) is 17.6 Å². The van der Waals surface area contributed by atoms with E-state index in [0.717, 1.165) is 4.47 Å². The first-order valence-corrected chi connectivity index (χ1v) is 8.35. The number of nitrogens with two attached hydrogens (primary N) is 1. The van der Waals surface area contributed by atoms with Crippen LogP contribution < -0.4 is 5.73 Å². The highest BCUT2D eigenvalue weighted by Crippen LogP contribution is 2.63. The minimum atomic E-state index is -0.751. The molecule has 2 aliphatic rings. The van der Waals surface area contributed by atoms with Crippen molar-refractivity contribution < 1.29 is 14.3 Å². The van der Waals surface area contributed by atoms with Crippen molar-refractivity contribution in [1.29, 1.82) is 0 Å². The highest BCUT2D eigenvalue weighted by Gasteiger charge is 2.74. The molecular formula is C16H20BrN3O3. The number of halogens is 1. The number of nitrogens with zero attached hydrogens (tertiary/aromatic N) is 2. The number of piperidine rings is 1. The number of ether oxygens (including phenoxy) is 1. The molecule has 0 radical (unpaired) electrons. The zero-order valence-electron chi connectivity index (χ0n) is 13.4. The Labute approximate surface area is 143 Å². The second-order valence-electron chi connectivity index (χ2n) is 7.19. The predicted molar refractivity (Wildman–Crippen MR) is 87.6 cm³/mol. The summed E-state index contributed by atoms with van der Waals surface area (Å²) in [4.78, 5) is 30.3. The molecule has 7 heteroatoms. The van der Waals surface area contributed by atoms with E-state index in [4.69, 9.17) is 10.5 Å². The third-order valence-electron chi connectivity index (χ3n) is 4.59. The van der Waals surface area contributed by atoms with Crippen LogP contribution in [0.25, 0.3) is 0 Å². The molecule has 1 aliphatic heterocycles. The molecule has 2 fully saturated rings. The molecule has 1 aromatic heterocycles. The molecular weight excluding hydrogens is 362 g/mol. The number of primary amides is 1. The van der Waals surface area contributed by atoms with Crippen molar-refractivity contribution in [3.8, 4) is 0 Å².